The Bertz CT molecular complexity index is 505. The fraction of sp³-hybridized carbons (Fsp3) is 0.455. The monoisotopic (exact) mass is 237 g/mol. The highest BCUT2D eigenvalue weighted by atomic mass is 35.5. The van der Waals surface area contributed by atoms with E-state index in [0.29, 0.717) is 10.7 Å². The summed E-state index contributed by atoms with van der Waals surface area (Å²) in [4.78, 5) is 0. The fourth-order valence-electron chi connectivity index (χ4n) is 2.07. The number of hydrogen-bond donors (Lipinski definition) is 0. The maximum atomic E-state index is 6.05. The molecule has 84 valence electrons. The molecule has 16 heavy (non-hydrogen) atoms. The Morgan fingerprint density at radius 1 is 1.38 bits per heavy atom. The molecule has 1 saturated heterocycles. The Hall–Kier alpha value is -1.13. The second kappa shape index (κ2) is 4.03. The summed E-state index contributed by atoms with van der Waals surface area (Å²) in [7, 11) is 0. The molecule has 1 fully saturated rings. The Morgan fingerprint density at radius 2 is 2.31 bits per heavy atom. The molecule has 0 saturated carbocycles. The van der Waals surface area contributed by atoms with E-state index in [0.717, 1.165) is 25.3 Å². The number of nitrogens with zero attached hydrogens (tertiary/aromatic N) is 3. The van der Waals surface area contributed by atoms with Crippen LogP contribution in [0.3, 0.4) is 0 Å². The van der Waals surface area contributed by atoms with Gasteiger partial charge in [0.1, 0.15) is 6.10 Å². The molecule has 0 amide bonds. The van der Waals surface area contributed by atoms with Crippen molar-refractivity contribution in [2.24, 2.45) is 0 Å². The van der Waals surface area contributed by atoms with E-state index in [1.54, 1.807) is 0 Å². The normalized spacial score (nSPS) is 21.4. The largest absolute Gasteiger partial charge is 0.370 e. The maximum absolute atomic E-state index is 6.05. The molecule has 2 aromatic heterocycles. The summed E-state index contributed by atoms with van der Waals surface area (Å²) in [6, 6.07) is 3.71. The van der Waals surface area contributed by atoms with Crippen molar-refractivity contribution in [3.05, 3.63) is 29.2 Å². The highest BCUT2D eigenvalue weighted by Crippen LogP contribution is 2.27. The molecule has 0 bridgehead atoms. The first kappa shape index (κ1) is 10.1. The lowest BCUT2D eigenvalue weighted by Crippen LogP contribution is -2.14. The van der Waals surface area contributed by atoms with Gasteiger partial charge in [-0.25, -0.2) is 0 Å². The van der Waals surface area contributed by atoms with Crippen LogP contribution in [-0.4, -0.2) is 21.2 Å². The van der Waals surface area contributed by atoms with Crippen LogP contribution in [0.25, 0.3) is 5.65 Å². The van der Waals surface area contributed by atoms with Gasteiger partial charge in [-0.15, -0.1) is 10.2 Å². The minimum Gasteiger partial charge on any atom is -0.370 e. The Labute approximate surface area is 98.2 Å². The molecule has 3 heterocycles. The maximum Gasteiger partial charge on any atom is 0.179 e. The highest BCUT2D eigenvalue weighted by molar-refractivity contribution is 6.33. The van der Waals surface area contributed by atoms with Crippen molar-refractivity contribution < 1.29 is 4.74 Å². The van der Waals surface area contributed by atoms with Gasteiger partial charge >= 0.3 is 0 Å². The van der Waals surface area contributed by atoms with Gasteiger partial charge in [-0.2, -0.15) is 0 Å². The summed E-state index contributed by atoms with van der Waals surface area (Å²) in [6.45, 7) is 0.806. The highest BCUT2D eigenvalue weighted by Gasteiger charge is 2.21. The summed E-state index contributed by atoms with van der Waals surface area (Å²) in [6.07, 6.45) is 5.30. The van der Waals surface area contributed by atoms with Crippen LogP contribution >= 0.6 is 11.6 Å². The minimum atomic E-state index is 0.0576. The lowest BCUT2D eigenvalue weighted by molar-refractivity contribution is 0.00886. The first-order valence-electron chi connectivity index (χ1n) is 5.47. The first-order valence-corrected chi connectivity index (χ1v) is 5.85. The van der Waals surface area contributed by atoms with Gasteiger partial charge in [0.05, 0.1) is 5.02 Å². The molecule has 0 N–H and O–H groups in total. The summed E-state index contributed by atoms with van der Waals surface area (Å²) >= 11 is 6.05. The van der Waals surface area contributed by atoms with Crippen molar-refractivity contribution in [2.45, 2.75) is 25.4 Å². The molecule has 0 aliphatic carbocycles. The van der Waals surface area contributed by atoms with E-state index in [1.807, 2.05) is 22.7 Å². The number of ether oxygens (including phenoxy) is 1. The van der Waals surface area contributed by atoms with Gasteiger partial charge in [0.2, 0.25) is 0 Å². The van der Waals surface area contributed by atoms with E-state index in [9.17, 15) is 0 Å². The average Bonchev–Trinajstić information content (AvgIpc) is 2.75. The zero-order valence-corrected chi connectivity index (χ0v) is 9.52. The van der Waals surface area contributed by atoms with Crippen LogP contribution in [0, 0.1) is 0 Å². The van der Waals surface area contributed by atoms with E-state index < -0.39 is 0 Å². The van der Waals surface area contributed by atoms with E-state index in [1.165, 1.54) is 6.42 Å². The van der Waals surface area contributed by atoms with Crippen LogP contribution in [0.2, 0.25) is 5.02 Å². The Balaban J connectivity index is 2.06. The van der Waals surface area contributed by atoms with Crippen LogP contribution in [-0.2, 0) is 4.74 Å². The number of rotatable bonds is 1. The van der Waals surface area contributed by atoms with Gasteiger partial charge in [0.25, 0.3) is 0 Å². The van der Waals surface area contributed by atoms with Gasteiger partial charge in [0.15, 0.2) is 11.5 Å². The third-order valence-corrected chi connectivity index (χ3v) is 3.18. The van der Waals surface area contributed by atoms with Crippen LogP contribution in [0.15, 0.2) is 18.3 Å². The molecule has 0 aromatic carbocycles. The molecular weight excluding hydrogens is 226 g/mol. The van der Waals surface area contributed by atoms with E-state index in [-0.39, 0.29) is 6.10 Å². The van der Waals surface area contributed by atoms with Gasteiger partial charge in [-0.05, 0) is 31.4 Å². The van der Waals surface area contributed by atoms with Crippen LogP contribution in [0.5, 0.6) is 0 Å². The number of aromatic nitrogens is 3. The van der Waals surface area contributed by atoms with E-state index in [2.05, 4.69) is 10.2 Å². The molecule has 1 aliphatic heterocycles. The standard InChI is InChI=1S/C11H12ClN3O/c12-8-4-3-6-15-10(8)13-14-11(15)9-5-1-2-7-16-9/h3-4,6,9H,1-2,5,7H2. The Morgan fingerprint density at radius 3 is 3.12 bits per heavy atom. The molecule has 1 atom stereocenters. The predicted octanol–water partition coefficient (Wildman–Crippen LogP) is 2.62. The van der Waals surface area contributed by atoms with Gasteiger partial charge in [-0.1, -0.05) is 11.6 Å². The van der Waals surface area contributed by atoms with Crippen LogP contribution in [0.4, 0.5) is 0 Å². The molecule has 4 nitrogen and oxygen atoms in total. The zero-order chi connectivity index (χ0) is 11.0. The minimum absolute atomic E-state index is 0.0576. The van der Waals surface area contributed by atoms with Crippen molar-refractivity contribution in [1.82, 2.24) is 14.6 Å². The lowest BCUT2D eigenvalue weighted by Gasteiger charge is -2.20. The lowest BCUT2D eigenvalue weighted by atomic mass is 10.1. The molecular formula is C11H12ClN3O. The SMILES string of the molecule is Clc1cccn2c(C3CCCCO3)nnc12. The van der Waals surface area contributed by atoms with Gasteiger partial charge in [-0.3, -0.25) is 4.40 Å². The third-order valence-electron chi connectivity index (χ3n) is 2.88. The average molecular weight is 238 g/mol. The molecule has 1 aliphatic rings. The molecule has 5 heteroatoms. The second-order valence-electron chi connectivity index (χ2n) is 3.96. The smallest absolute Gasteiger partial charge is 0.179 e. The Kier molecular flexibility index (Phi) is 2.53. The number of fused-ring (bicyclic) bond motifs is 1. The molecule has 0 spiro atoms. The number of hydrogen-bond acceptors (Lipinski definition) is 3. The topological polar surface area (TPSA) is 39.4 Å². The predicted molar refractivity (Wildman–Crippen MR) is 60.5 cm³/mol. The summed E-state index contributed by atoms with van der Waals surface area (Å²) in [5, 5.41) is 8.90. The summed E-state index contributed by atoms with van der Waals surface area (Å²) in [5.41, 5.74) is 0.702. The van der Waals surface area contributed by atoms with Crippen molar-refractivity contribution in [1.29, 1.82) is 0 Å². The molecule has 0 radical (unpaired) electrons. The van der Waals surface area contributed by atoms with Crippen molar-refractivity contribution in [3.63, 3.8) is 0 Å². The van der Waals surface area contributed by atoms with Gasteiger partial charge in [0, 0.05) is 12.8 Å². The van der Waals surface area contributed by atoms with Crippen LogP contribution < -0.4 is 0 Å². The van der Waals surface area contributed by atoms with Gasteiger partial charge < -0.3 is 4.74 Å². The summed E-state index contributed by atoms with van der Waals surface area (Å²) < 4.78 is 7.62. The second-order valence-corrected chi connectivity index (χ2v) is 4.37. The fourth-order valence-corrected chi connectivity index (χ4v) is 2.27. The number of pyridine rings is 1. The molecule has 1 unspecified atom stereocenters. The third kappa shape index (κ3) is 1.58. The van der Waals surface area contributed by atoms with E-state index in [4.69, 9.17) is 16.3 Å². The quantitative estimate of drug-likeness (QED) is 0.766. The van der Waals surface area contributed by atoms with E-state index >= 15 is 0 Å². The van der Waals surface area contributed by atoms with Crippen molar-refractivity contribution in [3.8, 4) is 0 Å². The van der Waals surface area contributed by atoms with Crippen molar-refractivity contribution in [2.75, 3.05) is 6.61 Å². The zero-order valence-electron chi connectivity index (χ0n) is 8.77. The van der Waals surface area contributed by atoms with Crippen LogP contribution in [0.1, 0.15) is 31.2 Å². The summed E-state index contributed by atoms with van der Waals surface area (Å²) in [5.74, 6) is 0.859. The number of halogens is 1. The first-order chi connectivity index (χ1) is 7.86. The van der Waals surface area contributed by atoms with Crippen molar-refractivity contribution >= 4 is 17.2 Å². The molecule has 2 aromatic rings. The molecule has 3 rings (SSSR count).